The molecule has 0 saturated heterocycles. The highest BCUT2D eigenvalue weighted by Crippen LogP contribution is 2.22. The van der Waals surface area contributed by atoms with Crippen LogP contribution in [0.15, 0.2) is 18.2 Å². The number of Topliss-reactive ketones (excluding diaryl/α,β-unsaturated/α-hetero) is 1. The smallest absolute Gasteiger partial charge is 0.254 e. The zero-order chi connectivity index (χ0) is 14.8. The van der Waals surface area contributed by atoms with E-state index in [2.05, 4.69) is 0 Å². The van der Waals surface area contributed by atoms with Gasteiger partial charge in [0.25, 0.3) is 5.91 Å². The van der Waals surface area contributed by atoms with Crippen molar-refractivity contribution in [3.8, 4) is 6.07 Å². The third kappa shape index (κ3) is 3.19. The summed E-state index contributed by atoms with van der Waals surface area (Å²) in [5.74, 6) is -0.292. The van der Waals surface area contributed by atoms with E-state index in [9.17, 15) is 9.59 Å². The van der Waals surface area contributed by atoms with Crippen molar-refractivity contribution in [2.75, 3.05) is 14.1 Å². The van der Waals surface area contributed by atoms with Gasteiger partial charge in [-0.05, 0) is 12.1 Å². The van der Waals surface area contributed by atoms with E-state index in [1.54, 1.807) is 26.2 Å². The maximum Gasteiger partial charge on any atom is 0.254 e. The second-order valence-electron chi connectivity index (χ2n) is 5.65. The van der Waals surface area contributed by atoms with Gasteiger partial charge in [0.2, 0.25) is 0 Å². The van der Waals surface area contributed by atoms with Crippen LogP contribution in [0.4, 0.5) is 0 Å². The molecule has 0 atom stereocenters. The fraction of sp³-hybridized carbons (Fsp3) is 0.400. The summed E-state index contributed by atoms with van der Waals surface area (Å²) in [7, 11) is 3.25. The number of hydrogen-bond donors (Lipinski definition) is 0. The Balaban J connectivity index is 3.29. The second-order valence-corrected chi connectivity index (χ2v) is 5.65. The van der Waals surface area contributed by atoms with Crippen LogP contribution < -0.4 is 0 Å². The molecule has 0 N–H and O–H groups in total. The summed E-state index contributed by atoms with van der Waals surface area (Å²) in [6.45, 7) is 5.46. The van der Waals surface area contributed by atoms with Crippen molar-refractivity contribution < 1.29 is 9.59 Å². The molecule has 1 amide bonds. The van der Waals surface area contributed by atoms with Crippen molar-refractivity contribution >= 4 is 11.7 Å². The maximum atomic E-state index is 12.1. The van der Waals surface area contributed by atoms with Gasteiger partial charge < -0.3 is 4.90 Å². The van der Waals surface area contributed by atoms with Crippen molar-refractivity contribution in [3.05, 3.63) is 34.9 Å². The normalized spacial score (nSPS) is 10.7. The van der Waals surface area contributed by atoms with Crippen molar-refractivity contribution in [2.24, 2.45) is 5.41 Å². The van der Waals surface area contributed by atoms with Gasteiger partial charge in [0.1, 0.15) is 0 Å². The quantitative estimate of drug-likeness (QED) is 0.766. The van der Waals surface area contributed by atoms with E-state index in [1.165, 1.54) is 11.0 Å². The van der Waals surface area contributed by atoms with Crippen molar-refractivity contribution in [1.82, 2.24) is 4.90 Å². The molecule has 100 valence electrons. The average Bonchev–Trinajstić information content (AvgIpc) is 2.34. The van der Waals surface area contributed by atoms with Gasteiger partial charge >= 0.3 is 0 Å². The van der Waals surface area contributed by atoms with E-state index in [1.807, 2.05) is 26.8 Å². The second kappa shape index (κ2) is 5.23. The summed E-state index contributed by atoms with van der Waals surface area (Å²) in [6, 6.07) is 6.61. The van der Waals surface area contributed by atoms with E-state index in [4.69, 9.17) is 5.26 Å². The van der Waals surface area contributed by atoms with Gasteiger partial charge in [0.05, 0.1) is 17.2 Å². The Kier molecular flexibility index (Phi) is 4.10. The molecule has 0 saturated carbocycles. The number of carbonyl (C=O) groups excluding carboxylic acids is 2. The molecule has 4 nitrogen and oxygen atoms in total. The lowest BCUT2D eigenvalue weighted by Crippen LogP contribution is -2.24. The number of rotatable bonds is 2. The lowest BCUT2D eigenvalue weighted by molar-refractivity contribution is 0.0824. The van der Waals surface area contributed by atoms with E-state index in [0.29, 0.717) is 11.1 Å². The summed E-state index contributed by atoms with van der Waals surface area (Å²) in [6.07, 6.45) is 0. The Morgan fingerprint density at radius 2 is 1.79 bits per heavy atom. The number of amides is 1. The minimum atomic E-state index is -0.514. The fourth-order valence-electron chi connectivity index (χ4n) is 1.64. The van der Waals surface area contributed by atoms with Crippen LogP contribution in [0, 0.1) is 16.7 Å². The van der Waals surface area contributed by atoms with Crippen LogP contribution in [-0.2, 0) is 0 Å². The molecular weight excluding hydrogens is 240 g/mol. The van der Waals surface area contributed by atoms with Crippen molar-refractivity contribution in [2.45, 2.75) is 20.8 Å². The Hall–Kier alpha value is -2.15. The van der Waals surface area contributed by atoms with Crippen LogP contribution in [0.2, 0.25) is 0 Å². The summed E-state index contributed by atoms with van der Waals surface area (Å²) < 4.78 is 0. The van der Waals surface area contributed by atoms with E-state index < -0.39 is 5.41 Å². The van der Waals surface area contributed by atoms with Gasteiger partial charge in [-0.2, -0.15) is 5.26 Å². The Morgan fingerprint density at radius 1 is 1.21 bits per heavy atom. The first-order chi connectivity index (χ1) is 8.68. The highest BCUT2D eigenvalue weighted by atomic mass is 16.2. The molecule has 0 radical (unpaired) electrons. The minimum Gasteiger partial charge on any atom is -0.345 e. The minimum absolute atomic E-state index is 0.0483. The fourth-order valence-corrected chi connectivity index (χ4v) is 1.64. The van der Waals surface area contributed by atoms with Crippen molar-refractivity contribution in [3.63, 3.8) is 0 Å². The van der Waals surface area contributed by atoms with E-state index in [0.717, 1.165) is 0 Å². The van der Waals surface area contributed by atoms with Crippen LogP contribution in [-0.4, -0.2) is 30.7 Å². The van der Waals surface area contributed by atoms with Crippen molar-refractivity contribution in [1.29, 1.82) is 5.26 Å². The van der Waals surface area contributed by atoms with Gasteiger partial charge in [-0.15, -0.1) is 0 Å². The standard InChI is InChI=1S/C15H18N2O2/c1-15(2,3)13(18)10-6-7-12(11(8-10)9-16)14(19)17(4)5/h6-8H,1-5H3. The third-order valence-electron chi connectivity index (χ3n) is 2.72. The number of nitriles is 1. The summed E-state index contributed by atoms with van der Waals surface area (Å²) in [4.78, 5) is 25.4. The molecule has 19 heavy (non-hydrogen) atoms. The predicted molar refractivity (Wildman–Crippen MR) is 73.0 cm³/mol. The molecule has 0 aromatic heterocycles. The lowest BCUT2D eigenvalue weighted by Gasteiger charge is -2.17. The number of hydrogen-bond acceptors (Lipinski definition) is 3. The van der Waals surface area contributed by atoms with Crippen LogP contribution in [0.25, 0.3) is 0 Å². The molecule has 0 aliphatic heterocycles. The zero-order valence-corrected chi connectivity index (χ0v) is 11.9. The SMILES string of the molecule is CN(C)C(=O)c1ccc(C(=O)C(C)(C)C)cc1C#N. The summed E-state index contributed by atoms with van der Waals surface area (Å²) in [5, 5.41) is 9.13. The van der Waals surface area contributed by atoms with Gasteiger partial charge in [-0.1, -0.05) is 26.8 Å². The monoisotopic (exact) mass is 258 g/mol. The molecular formula is C15H18N2O2. The molecule has 0 spiro atoms. The highest BCUT2D eigenvalue weighted by Gasteiger charge is 2.24. The first-order valence-corrected chi connectivity index (χ1v) is 5.99. The van der Waals surface area contributed by atoms with Crippen LogP contribution in [0.3, 0.4) is 0 Å². The van der Waals surface area contributed by atoms with E-state index >= 15 is 0 Å². The first-order valence-electron chi connectivity index (χ1n) is 5.99. The molecule has 1 aromatic rings. The number of benzene rings is 1. The number of nitrogens with zero attached hydrogens (tertiary/aromatic N) is 2. The molecule has 4 heteroatoms. The van der Waals surface area contributed by atoms with Gasteiger partial charge in [-0.25, -0.2) is 0 Å². The molecule has 0 aliphatic rings. The molecule has 0 heterocycles. The molecule has 0 bridgehead atoms. The van der Waals surface area contributed by atoms with Crippen LogP contribution in [0.1, 0.15) is 47.1 Å². The largest absolute Gasteiger partial charge is 0.345 e. The average molecular weight is 258 g/mol. The summed E-state index contributed by atoms with van der Waals surface area (Å²) >= 11 is 0. The third-order valence-corrected chi connectivity index (χ3v) is 2.72. The summed E-state index contributed by atoms with van der Waals surface area (Å²) in [5.41, 5.74) is 0.492. The zero-order valence-electron chi connectivity index (χ0n) is 11.9. The first kappa shape index (κ1) is 14.9. The maximum absolute atomic E-state index is 12.1. The number of carbonyl (C=O) groups is 2. The van der Waals surface area contributed by atoms with Crippen LogP contribution >= 0.6 is 0 Å². The van der Waals surface area contributed by atoms with Gasteiger partial charge in [0.15, 0.2) is 5.78 Å². The van der Waals surface area contributed by atoms with E-state index in [-0.39, 0.29) is 17.3 Å². The predicted octanol–water partition coefficient (Wildman–Crippen LogP) is 2.49. The highest BCUT2D eigenvalue weighted by molar-refractivity contribution is 6.02. The molecule has 0 aliphatic carbocycles. The molecule has 0 fully saturated rings. The van der Waals surface area contributed by atoms with Gasteiger partial charge in [0, 0.05) is 25.1 Å². The topological polar surface area (TPSA) is 61.2 Å². The Bertz CT molecular complexity index is 560. The van der Waals surface area contributed by atoms with Gasteiger partial charge in [-0.3, -0.25) is 9.59 Å². The Labute approximate surface area is 113 Å². The van der Waals surface area contributed by atoms with Crippen LogP contribution in [0.5, 0.6) is 0 Å². The molecule has 1 aromatic carbocycles. The Morgan fingerprint density at radius 3 is 2.21 bits per heavy atom. The lowest BCUT2D eigenvalue weighted by atomic mass is 9.85. The molecule has 0 unspecified atom stereocenters. The molecule has 1 rings (SSSR count). The number of ketones is 1.